The summed E-state index contributed by atoms with van der Waals surface area (Å²) in [6, 6.07) is 24.6. The molecular weight excluding hydrogens is 362 g/mol. The van der Waals surface area contributed by atoms with Gasteiger partial charge in [-0.2, -0.15) is 0 Å². The number of allylic oxidation sites excluding steroid dienone is 1. The van der Waals surface area contributed by atoms with Crippen molar-refractivity contribution < 1.29 is 4.79 Å². The minimum atomic E-state index is -0.0513. The molecule has 0 aliphatic rings. The lowest BCUT2D eigenvalue weighted by atomic mass is 10.0. The van der Waals surface area contributed by atoms with Crippen LogP contribution in [0, 0.1) is 0 Å². The highest BCUT2D eigenvalue weighted by Crippen LogP contribution is 2.31. The van der Waals surface area contributed by atoms with Crippen LogP contribution in [-0.4, -0.2) is 10.8 Å². The van der Waals surface area contributed by atoms with Gasteiger partial charge in [-0.1, -0.05) is 66.2 Å². The molecule has 0 radical (unpaired) electrons. The van der Waals surface area contributed by atoms with Gasteiger partial charge in [-0.05, 0) is 35.9 Å². The minimum Gasteiger partial charge on any atom is -0.288 e. The first kappa shape index (κ1) is 16.7. The number of hydrogen-bond acceptors (Lipinski definition) is 3. The Balaban J connectivity index is 1.87. The molecule has 0 aliphatic heterocycles. The molecule has 3 aromatic carbocycles. The van der Waals surface area contributed by atoms with E-state index in [4.69, 9.17) is 11.6 Å². The van der Waals surface area contributed by atoms with E-state index in [0.717, 1.165) is 15.8 Å². The first-order valence-electron chi connectivity index (χ1n) is 8.14. The molecule has 4 rings (SSSR count). The van der Waals surface area contributed by atoms with Crippen LogP contribution in [0.3, 0.4) is 0 Å². The molecular formula is C22H14ClNOS. The van der Waals surface area contributed by atoms with Crippen LogP contribution in [0.2, 0.25) is 5.02 Å². The first-order valence-corrected chi connectivity index (χ1v) is 9.33. The maximum absolute atomic E-state index is 13.2. The van der Waals surface area contributed by atoms with Gasteiger partial charge in [0, 0.05) is 10.6 Å². The molecule has 0 unspecified atom stereocenters. The Kier molecular flexibility index (Phi) is 4.65. The third kappa shape index (κ3) is 3.45. The lowest BCUT2D eigenvalue weighted by molar-refractivity contribution is 0.105. The van der Waals surface area contributed by atoms with Gasteiger partial charge in [0.2, 0.25) is 0 Å². The predicted molar refractivity (Wildman–Crippen MR) is 110 cm³/mol. The van der Waals surface area contributed by atoms with Crippen molar-refractivity contribution in [2.75, 3.05) is 0 Å². The molecule has 0 N–H and O–H groups in total. The number of ketones is 1. The van der Waals surface area contributed by atoms with E-state index in [1.54, 1.807) is 0 Å². The fourth-order valence-corrected chi connectivity index (χ4v) is 3.90. The molecule has 0 spiro atoms. The van der Waals surface area contributed by atoms with Crippen molar-refractivity contribution in [2.45, 2.75) is 0 Å². The predicted octanol–water partition coefficient (Wildman–Crippen LogP) is 6.37. The van der Waals surface area contributed by atoms with E-state index >= 15 is 0 Å². The molecule has 0 bridgehead atoms. The monoisotopic (exact) mass is 375 g/mol. The molecule has 0 saturated heterocycles. The van der Waals surface area contributed by atoms with Crippen LogP contribution in [0.25, 0.3) is 21.9 Å². The van der Waals surface area contributed by atoms with Gasteiger partial charge in [-0.25, -0.2) is 4.98 Å². The molecule has 0 aliphatic carbocycles. The third-order valence-corrected chi connectivity index (χ3v) is 5.27. The van der Waals surface area contributed by atoms with E-state index in [0.29, 0.717) is 21.2 Å². The Morgan fingerprint density at radius 2 is 1.69 bits per heavy atom. The number of thiazole rings is 1. The molecule has 1 aromatic heterocycles. The highest BCUT2D eigenvalue weighted by molar-refractivity contribution is 7.20. The van der Waals surface area contributed by atoms with E-state index in [1.807, 2.05) is 84.9 Å². The van der Waals surface area contributed by atoms with Crippen molar-refractivity contribution in [1.82, 2.24) is 4.98 Å². The number of carbonyl (C=O) groups is 1. The summed E-state index contributed by atoms with van der Waals surface area (Å²) in [5.41, 5.74) is 2.97. The maximum atomic E-state index is 13.2. The summed E-state index contributed by atoms with van der Waals surface area (Å²) in [5.74, 6) is -0.0513. The van der Waals surface area contributed by atoms with Crippen LogP contribution >= 0.6 is 22.9 Å². The van der Waals surface area contributed by atoms with Crippen LogP contribution in [-0.2, 0) is 0 Å². The molecule has 1 heterocycles. The zero-order valence-corrected chi connectivity index (χ0v) is 15.3. The molecule has 4 heteroatoms. The molecule has 4 aromatic rings. The minimum absolute atomic E-state index is 0.0513. The fraction of sp³-hybridized carbons (Fsp3) is 0. The number of halogens is 1. The van der Waals surface area contributed by atoms with Gasteiger partial charge in [-0.3, -0.25) is 4.79 Å². The second-order valence-electron chi connectivity index (χ2n) is 5.79. The standard InChI is InChI=1S/C22H14ClNOS/c23-17-10-6-7-15(13-17)14-18(21(25)16-8-2-1-3-9-16)22-24-19-11-4-5-12-20(19)26-22/h1-14H/b18-14-. The Morgan fingerprint density at radius 3 is 2.46 bits per heavy atom. The number of fused-ring (bicyclic) bond motifs is 1. The van der Waals surface area contributed by atoms with Crippen molar-refractivity contribution in [3.8, 4) is 0 Å². The molecule has 0 amide bonds. The molecule has 126 valence electrons. The lowest BCUT2D eigenvalue weighted by Crippen LogP contribution is -2.02. The lowest BCUT2D eigenvalue weighted by Gasteiger charge is -2.05. The van der Waals surface area contributed by atoms with Crippen LogP contribution < -0.4 is 0 Å². The van der Waals surface area contributed by atoms with Gasteiger partial charge in [0.1, 0.15) is 5.01 Å². The smallest absolute Gasteiger partial charge is 0.196 e. The summed E-state index contributed by atoms with van der Waals surface area (Å²) in [6.45, 7) is 0. The Hall–Kier alpha value is -2.75. The van der Waals surface area contributed by atoms with Gasteiger partial charge in [0.25, 0.3) is 0 Å². The van der Waals surface area contributed by atoms with Gasteiger partial charge in [0.05, 0.1) is 15.8 Å². The summed E-state index contributed by atoms with van der Waals surface area (Å²) in [6.07, 6.45) is 1.86. The molecule has 2 nitrogen and oxygen atoms in total. The van der Waals surface area contributed by atoms with Crippen molar-refractivity contribution >= 4 is 50.6 Å². The van der Waals surface area contributed by atoms with E-state index in [1.165, 1.54) is 11.3 Å². The van der Waals surface area contributed by atoms with Crippen molar-refractivity contribution in [3.63, 3.8) is 0 Å². The summed E-state index contributed by atoms with van der Waals surface area (Å²) in [7, 11) is 0. The first-order chi connectivity index (χ1) is 12.7. The zero-order chi connectivity index (χ0) is 17.9. The number of Topliss-reactive ketones (excluding diaryl/α,β-unsaturated/α-hetero) is 1. The van der Waals surface area contributed by atoms with Gasteiger partial charge in [-0.15, -0.1) is 11.3 Å². The topological polar surface area (TPSA) is 30.0 Å². The molecule has 0 fully saturated rings. The molecule has 0 atom stereocenters. The van der Waals surface area contributed by atoms with Gasteiger partial charge < -0.3 is 0 Å². The van der Waals surface area contributed by atoms with Gasteiger partial charge >= 0.3 is 0 Å². The average Bonchev–Trinajstić information content (AvgIpc) is 3.10. The molecule has 26 heavy (non-hydrogen) atoms. The number of aromatic nitrogens is 1. The second-order valence-corrected chi connectivity index (χ2v) is 7.26. The normalized spacial score (nSPS) is 11.7. The van der Waals surface area contributed by atoms with Crippen LogP contribution in [0.15, 0.2) is 78.9 Å². The number of rotatable bonds is 4. The summed E-state index contributed by atoms with van der Waals surface area (Å²) in [4.78, 5) is 17.9. The van der Waals surface area contributed by atoms with E-state index in [9.17, 15) is 4.79 Å². The highest BCUT2D eigenvalue weighted by atomic mass is 35.5. The number of benzene rings is 3. The van der Waals surface area contributed by atoms with Crippen molar-refractivity contribution in [3.05, 3.63) is 100 Å². The third-order valence-electron chi connectivity index (χ3n) is 3.96. The molecule has 0 saturated carbocycles. The second kappa shape index (κ2) is 7.24. The maximum Gasteiger partial charge on any atom is 0.196 e. The number of nitrogens with zero attached hydrogens (tertiary/aromatic N) is 1. The van der Waals surface area contributed by atoms with E-state index in [-0.39, 0.29) is 5.78 Å². The number of para-hydroxylation sites is 1. The number of hydrogen-bond donors (Lipinski definition) is 0. The Labute approximate surface area is 160 Å². The van der Waals surface area contributed by atoms with Crippen LogP contribution in [0.5, 0.6) is 0 Å². The van der Waals surface area contributed by atoms with Crippen molar-refractivity contribution in [1.29, 1.82) is 0 Å². The summed E-state index contributed by atoms with van der Waals surface area (Å²) >= 11 is 7.63. The SMILES string of the molecule is O=C(/C(=C/c1cccc(Cl)c1)c1nc2ccccc2s1)c1ccccc1. The van der Waals surface area contributed by atoms with Crippen LogP contribution in [0.4, 0.5) is 0 Å². The van der Waals surface area contributed by atoms with Crippen molar-refractivity contribution in [2.24, 2.45) is 0 Å². The van der Waals surface area contributed by atoms with E-state index < -0.39 is 0 Å². The summed E-state index contributed by atoms with van der Waals surface area (Å²) < 4.78 is 1.06. The fourth-order valence-electron chi connectivity index (χ4n) is 2.72. The van der Waals surface area contributed by atoms with Crippen LogP contribution in [0.1, 0.15) is 20.9 Å². The van der Waals surface area contributed by atoms with Gasteiger partial charge in [0.15, 0.2) is 5.78 Å². The number of carbonyl (C=O) groups excluding carboxylic acids is 1. The highest BCUT2D eigenvalue weighted by Gasteiger charge is 2.18. The summed E-state index contributed by atoms with van der Waals surface area (Å²) in [5, 5.41) is 1.34. The zero-order valence-electron chi connectivity index (χ0n) is 13.7. The average molecular weight is 376 g/mol. The Morgan fingerprint density at radius 1 is 0.923 bits per heavy atom. The largest absolute Gasteiger partial charge is 0.288 e. The van der Waals surface area contributed by atoms with E-state index in [2.05, 4.69) is 4.98 Å². The quantitative estimate of drug-likeness (QED) is 0.306. The Bertz CT molecular complexity index is 1080.